The Bertz CT molecular complexity index is 1170. The van der Waals surface area contributed by atoms with Gasteiger partial charge in [0.05, 0.1) is 12.3 Å². The highest BCUT2D eigenvalue weighted by Crippen LogP contribution is 2.25. The first-order valence-corrected chi connectivity index (χ1v) is 12.6. The van der Waals surface area contributed by atoms with Crippen molar-refractivity contribution in [3.63, 3.8) is 0 Å². The number of aromatic nitrogens is 4. The van der Waals surface area contributed by atoms with Gasteiger partial charge in [-0.25, -0.2) is 0 Å². The molecule has 2 aromatic heterocycles. The van der Waals surface area contributed by atoms with Crippen molar-refractivity contribution in [2.24, 2.45) is 5.16 Å². The maximum Gasteiger partial charge on any atom is 0.228 e. The van der Waals surface area contributed by atoms with Gasteiger partial charge in [-0.1, -0.05) is 49.3 Å². The van der Waals surface area contributed by atoms with Crippen LogP contribution in [0.5, 0.6) is 5.88 Å². The van der Waals surface area contributed by atoms with Crippen LogP contribution in [-0.4, -0.2) is 69.7 Å². The molecule has 1 saturated heterocycles. The second-order valence-corrected chi connectivity index (χ2v) is 9.74. The topological polar surface area (TPSA) is 113 Å². The summed E-state index contributed by atoms with van der Waals surface area (Å²) < 4.78 is 6.27. The molecule has 0 bridgehead atoms. The van der Waals surface area contributed by atoms with Gasteiger partial charge in [0.2, 0.25) is 11.8 Å². The van der Waals surface area contributed by atoms with Crippen LogP contribution in [0, 0.1) is 0 Å². The van der Waals surface area contributed by atoms with Gasteiger partial charge in [-0.05, 0) is 31.4 Å². The molecule has 1 atom stereocenters. The van der Waals surface area contributed by atoms with Crippen LogP contribution in [0.4, 0.5) is 17.6 Å². The average Bonchev–Trinajstić information content (AvgIpc) is 3.55. The lowest BCUT2D eigenvalue weighted by molar-refractivity contribution is 0.0946. The normalized spacial score (nSPS) is 18.7. The number of benzene rings is 1. The number of ether oxygens (including phenoxy) is 1. The zero-order valence-corrected chi connectivity index (χ0v) is 21.1. The number of H-pyrrole nitrogens is 1. The van der Waals surface area contributed by atoms with Gasteiger partial charge in [0, 0.05) is 37.3 Å². The van der Waals surface area contributed by atoms with E-state index in [1.165, 1.54) is 0 Å². The monoisotopic (exact) mass is 490 g/mol. The molecule has 3 aromatic rings. The van der Waals surface area contributed by atoms with E-state index < -0.39 is 0 Å². The standard InChI is InChI=1S/C26H34N8O2/c1-17(2)21-14-24(32-31-21)28-23-15-25(35-19-9-11-34(3)12-10-19)30-26(29-23)27-16-20-13-22(33-36-20)18-7-5-4-6-8-18/h4-8,14-15,17,19-20H,9-13,16H2,1-3H3,(H3,27,28,29,30,31,32). The molecule has 4 heterocycles. The van der Waals surface area contributed by atoms with Crippen molar-refractivity contribution in [1.29, 1.82) is 0 Å². The van der Waals surface area contributed by atoms with Gasteiger partial charge in [-0.15, -0.1) is 0 Å². The molecule has 10 heteroatoms. The van der Waals surface area contributed by atoms with Crippen LogP contribution >= 0.6 is 0 Å². The molecule has 1 aromatic carbocycles. The van der Waals surface area contributed by atoms with E-state index in [0.29, 0.717) is 35.9 Å². The summed E-state index contributed by atoms with van der Waals surface area (Å²) in [7, 11) is 2.14. The number of piperidine rings is 1. The number of anilines is 3. The Morgan fingerprint density at radius 2 is 1.92 bits per heavy atom. The quantitative estimate of drug-likeness (QED) is 0.410. The maximum atomic E-state index is 6.27. The predicted molar refractivity (Wildman–Crippen MR) is 140 cm³/mol. The van der Waals surface area contributed by atoms with E-state index in [1.54, 1.807) is 0 Å². The number of rotatable bonds is 9. The zero-order valence-electron chi connectivity index (χ0n) is 21.1. The first-order valence-electron chi connectivity index (χ1n) is 12.6. The van der Waals surface area contributed by atoms with Crippen molar-refractivity contribution < 1.29 is 9.57 Å². The van der Waals surface area contributed by atoms with Crippen molar-refractivity contribution >= 4 is 23.3 Å². The predicted octanol–water partition coefficient (Wildman–Crippen LogP) is 4.14. The molecule has 3 N–H and O–H groups in total. The van der Waals surface area contributed by atoms with Crippen LogP contribution < -0.4 is 15.4 Å². The van der Waals surface area contributed by atoms with Gasteiger partial charge in [-0.3, -0.25) is 5.10 Å². The molecule has 0 amide bonds. The number of hydrogen-bond donors (Lipinski definition) is 3. The third-order valence-corrected chi connectivity index (χ3v) is 6.46. The molecule has 2 aliphatic rings. The lowest BCUT2D eigenvalue weighted by Gasteiger charge is -2.29. The van der Waals surface area contributed by atoms with Gasteiger partial charge in [0.15, 0.2) is 5.82 Å². The summed E-state index contributed by atoms with van der Waals surface area (Å²) in [4.78, 5) is 17.3. The smallest absolute Gasteiger partial charge is 0.228 e. The Kier molecular flexibility index (Phi) is 7.31. The second-order valence-electron chi connectivity index (χ2n) is 9.74. The molecule has 1 fully saturated rings. The number of nitrogens with one attached hydrogen (secondary N) is 3. The van der Waals surface area contributed by atoms with Crippen molar-refractivity contribution in [2.75, 3.05) is 37.3 Å². The zero-order chi connectivity index (χ0) is 24.9. The Morgan fingerprint density at radius 1 is 1.11 bits per heavy atom. The molecular formula is C26H34N8O2. The molecule has 10 nitrogen and oxygen atoms in total. The number of nitrogens with zero attached hydrogens (tertiary/aromatic N) is 5. The highest BCUT2D eigenvalue weighted by molar-refractivity contribution is 6.01. The summed E-state index contributed by atoms with van der Waals surface area (Å²) in [6.07, 6.45) is 2.70. The fourth-order valence-electron chi connectivity index (χ4n) is 4.27. The summed E-state index contributed by atoms with van der Waals surface area (Å²) >= 11 is 0. The SMILES string of the molecule is CC(C)c1cc(Nc2cc(OC3CCN(C)CC3)nc(NCC3CC(c4ccccc4)=NO3)n2)n[nH]1. The van der Waals surface area contributed by atoms with Crippen molar-refractivity contribution in [3.8, 4) is 5.88 Å². The van der Waals surface area contributed by atoms with Crippen LogP contribution in [-0.2, 0) is 4.84 Å². The lowest BCUT2D eigenvalue weighted by atomic mass is 10.1. The van der Waals surface area contributed by atoms with E-state index in [4.69, 9.17) is 9.57 Å². The fourth-order valence-corrected chi connectivity index (χ4v) is 4.27. The van der Waals surface area contributed by atoms with Crippen molar-refractivity contribution in [1.82, 2.24) is 25.1 Å². The highest BCUT2D eigenvalue weighted by Gasteiger charge is 2.23. The van der Waals surface area contributed by atoms with E-state index >= 15 is 0 Å². The summed E-state index contributed by atoms with van der Waals surface area (Å²) in [5.74, 6) is 2.69. The lowest BCUT2D eigenvalue weighted by Crippen LogP contribution is -2.35. The molecule has 5 rings (SSSR count). The van der Waals surface area contributed by atoms with Crippen LogP contribution in [0.3, 0.4) is 0 Å². The van der Waals surface area contributed by atoms with E-state index in [-0.39, 0.29) is 12.2 Å². The Balaban J connectivity index is 1.27. The van der Waals surface area contributed by atoms with E-state index in [1.807, 2.05) is 42.5 Å². The summed E-state index contributed by atoms with van der Waals surface area (Å²) in [5, 5.41) is 18.3. The number of oxime groups is 1. The summed E-state index contributed by atoms with van der Waals surface area (Å²) in [5.41, 5.74) is 3.08. The third-order valence-electron chi connectivity index (χ3n) is 6.46. The van der Waals surface area contributed by atoms with Crippen molar-refractivity contribution in [3.05, 3.63) is 53.7 Å². The third kappa shape index (κ3) is 6.12. The first-order chi connectivity index (χ1) is 17.5. The van der Waals surface area contributed by atoms with Gasteiger partial charge >= 0.3 is 0 Å². The number of aromatic amines is 1. The van der Waals surface area contributed by atoms with Gasteiger partial charge in [0.1, 0.15) is 18.0 Å². The first kappa shape index (κ1) is 24.1. The minimum Gasteiger partial charge on any atom is -0.474 e. The average molecular weight is 491 g/mol. The molecule has 0 spiro atoms. The number of likely N-dealkylation sites (tertiary alicyclic amines) is 1. The van der Waals surface area contributed by atoms with Crippen LogP contribution in [0.2, 0.25) is 0 Å². The Morgan fingerprint density at radius 3 is 2.67 bits per heavy atom. The second kappa shape index (κ2) is 10.9. The van der Waals surface area contributed by atoms with E-state index in [0.717, 1.165) is 49.3 Å². The molecule has 0 saturated carbocycles. The minimum absolute atomic E-state index is 0.0985. The maximum absolute atomic E-state index is 6.27. The Hall–Kier alpha value is -3.66. The summed E-state index contributed by atoms with van der Waals surface area (Å²) in [6, 6.07) is 13.9. The summed E-state index contributed by atoms with van der Waals surface area (Å²) in [6.45, 7) is 6.79. The van der Waals surface area contributed by atoms with Gasteiger partial charge < -0.3 is 25.1 Å². The van der Waals surface area contributed by atoms with E-state index in [9.17, 15) is 0 Å². The molecule has 190 valence electrons. The Labute approximate surface area is 211 Å². The minimum atomic E-state index is -0.0985. The van der Waals surface area contributed by atoms with Gasteiger partial charge in [-0.2, -0.15) is 15.1 Å². The largest absolute Gasteiger partial charge is 0.474 e. The highest BCUT2D eigenvalue weighted by atomic mass is 16.6. The fraction of sp³-hybridized carbons (Fsp3) is 0.462. The molecule has 1 unspecified atom stereocenters. The molecule has 36 heavy (non-hydrogen) atoms. The van der Waals surface area contributed by atoms with E-state index in [2.05, 4.69) is 61.7 Å². The molecule has 2 aliphatic heterocycles. The van der Waals surface area contributed by atoms with Crippen molar-refractivity contribution in [2.45, 2.75) is 51.2 Å². The molecular weight excluding hydrogens is 456 g/mol. The molecule has 0 aliphatic carbocycles. The van der Waals surface area contributed by atoms with Crippen LogP contribution in [0.25, 0.3) is 0 Å². The number of hydrogen-bond acceptors (Lipinski definition) is 9. The van der Waals surface area contributed by atoms with Gasteiger partial charge in [0.25, 0.3) is 0 Å². The molecule has 0 radical (unpaired) electrons. The van der Waals surface area contributed by atoms with Crippen LogP contribution in [0.15, 0.2) is 47.6 Å². The van der Waals surface area contributed by atoms with Crippen LogP contribution in [0.1, 0.15) is 50.3 Å².